The monoisotopic (exact) mass is 257 g/mol. The van der Waals surface area contributed by atoms with Crippen molar-refractivity contribution in [3.8, 4) is 0 Å². The van der Waals surface area contributed by atoms with Crippen LogP contribution in [0.15, 0.2) is 0 Å². The SMILES string of the molecule is COCC(CNc1c(C(=O)O)c(C)nn1C)OC. The molecule has 2 N–H and O–H groups in total. The molecule has 0 fully saturated rings. The van der Waals surface area contributed by atoms with Crippen LogP contribution in [0.3, 0.4) is 0 Å². The van der Waals surface area contributed by atoms with Gasteiger partial charge in [0.2, 0.25) is 0 Å². The molecule has 0 saturated carbocycles. The zero-order valence-corrected chi connectivity index (χ0v) is 11.1. The highest BCUT2D eigenvalue weighted by Gasteiger charge is 2.20. The van der Waals surface area contributed by atoms with Gasteiger partial charge in [-0.1, -0.05) is 0 Å². The number of hydrogen-bond donors (Lipinski definition) is 2. The lowest BCUT2D eigenvalue weighted by atomic mass is 10.2. The summed E-state index contributed by atoms with van der Waals surface area (Å²) in [7, 11) is 4.86. The van der Waals surface area contributed by atoms with Gasteiger partial charge in [-0.15, -0.1) is 0 Å². The molecular formula is C11H19N3O4. The second-order valence-corrected chi connectivity index (χ2v) is 3.93. The molecule has 0 aliphatic rings. The van der Waals surface area contributed by atoms with Gasteiger partial charge >= 0.3 is 5.97 Å². The zero-order valence-electron chi connectivity index (χ0n) is 11.1. The Labute approximate surface area is 106 Å². The molecule has 7 nitrogen and oxygen atoms in total. The summed E-state index contributed by atoms with van der Waals surface area (Å²) in [5, 5.41) is 16.3. The van der Waals surface area contributed by atoms with E-state index in [2.05, 4.69) is 10.4 Å². The van der Waals surface area contributed by atoms with Gasteiger partial charge < -0.3 is 19.9 Å². The summed E-state index contributed by atoms with van der Waals surface area (Å²) in [5.74, 6) is -0.526. The Bertz CT molecular complexity index is 417. The first-order valence-corrected chi connectivity index (χ1v) is 5.53. The number of aromatic carboxylic acids is 1. The number of nitrogens with one attached hydrogen (secondary N) is 1. The molecular weight excluding hydrogens is 238 g/mol. The fourth-order valence-electron chi connectivity index (χ4n) is 1.72. The fourth-order valence-corrected chi connectivity index (χ4v) is 1.72. The third-order valence-electron chi connectivity index (χ3n) is 2.62. The van der Waals surface area contributed by atoms with Crippen molar-refractivity contribution in [1.82, 2.24) is 9.78 Å². The normalized spacial score (nSPS) is 12.4. The molecule has 0 amide bonds. The van der Waals surface area contributed by atoms with Crippen molar-refractivity contribution in [3.63, 3.8) is 0 Å². The number of hydrogen-bond acceptors (Lipinski definition) is 5. The van der Waals surface area contributed by atoms with E-state index in [0.717, 1.165) is 0 Å². The van der Waals surface area contributed by atoms with Crippen molar-refractivity contribution in [2.45, 2.75) is 13.0 Å². The molecule has 102 valence electrons. The molecule has 1 rings (SSSR count). The average molecular weight is 257 g/mol. The van der Waals surface area contributed by atoms with Gasteiger partial charge in [0.15, 0.2) is 0 Å². The summed E-state index contributed by atoms with van der Waals surface area (Å²) in [6.45, 7) is 2.55. The van der Waals surface area contributed by atoms with E-state index in [1.807, 2.05) is 0 Å². The van der Waals surface area contributed by atoms with E-state index in [4.69, 9.17) is 14.6 Å². The maximum absolute atomic E-state index is 11.1. The predicted molar refractivity (Wildman–Crippen MR) is 66.1 cm³/mol. The highest BCUT2D eigenvalue weighted by Crippen LogP contribution is 2.18. The van der Waals surface area contributed by atoms with E-state index in [1.54, 1.807) is 28.2 Å². The molecule has 1 heterocycles. The van der Waals surface area contributed by atoms with E-state index in [9.17, 15) is 4.79 Å². The van der Waals surface area contributed by atoms with Gasteiger partial charge in [-0.2, -0.15) is 5.10 Å². The number of carbonyl (C=O) groups is 1. The van der Waals surface area contributed by atoms with Crippen LogP contribution in [0.4, 0.5) is 5.82 Å². The molecule has 7 heteroatoms. The number of methoxy groups -OCH3 is 2. The number of aryl methyl sites for hydroxylation is 2. The second kappa shape index (κ2) is 6.36. The Morgan fingerprint density at radius 3 is 2.72 bits per heavy atom. The maximum atomic E-state index is 11.1. The summed E-state index contributed by atoms with van der Waals surface area (Å²) >= 11 is 0. The molecule has 1 atom stereocenters. The second-order valence-electron chi connectivity index (χ2n) is 3.93. The molecule has 1 aromatic rings. The van der Waals surface area contributed by atoms with E-state index >= 15 is 0 Å². The van der Waals surface area contributed by atoms with Crippen LogP contribution in [0.1, 0.15) is 16.1 Å². The standard InChI is InChI=1S/C11H19N3O4/c1-7-9(11(15)16)10(14(2)13-7)12-5-8(18-4)6-17-3/h8,12H,5-6H2,1-4H3,(H,15,16). The van der Waals surface area contributed by atoms with Gasteiger partial charge in [-0.05, 0) is 6.92 Å². The lowest BCUT2D eigenvalue weighted by Crippen LogP contribution is -2.27. The summed E-state index contributed by atoms with van der Waals surface area (Å²) in [4.78, 5) is 11.1. The van der Waals surface area contributed by atoms with Crippen molar-refractivity contribution in [3.05, 3.63) is 11.3 Å². The maximum Gasteiger partial charge on any atom is 0.341 e. The Morgan fingerprint density at radius 2 is 2.22 bits per heavy atom. The van der Waals surface area contributed by atoms with Crippen molar-refractivity contribution >= 4 is 11.8 Å². The van der Waals surface area contributed by atoms with Crippen molar-refractivity contribution in [2.75, 3.05) is 32.7 Å². The number of carboxylic acid groups (broad SMARTS) is 1. The van der Waals surface area contributed by atoms with Gasteiger partial charge in [0.25, 0.3) is 0 Å². The van der Waals surface area contributed by atoms with Crippen LogP contribution >= 0.6 is 0 Å². The molecule has 0 bridgehead atoms. The van der Waals surface area contributed by atoms with Crippen LogP contribution in [0, 0.1) is 6.92 Å². The van der Waals surface area contributed by atoms with Crippen LogP contribution in [-0.4, -0.2) is 54.3 Å². The first-order valence-electron chi connectivity index (χ1n) is 5.53. The molecule has 1 unspecified atom stereocenters. The first-order chi connectivity index (χ1) is 8.51. The summed E-state index contributed by atoms with van der Waals surface area (Å²) in [6, 6.07) is 0. The molecule has 0 aliphatic carbocycles. The molecule has 0 aromatic carbocycles. The quantitative estimate of drug-likeness (QED) is 0.740. The summed E-state index contributed by atoms with van der Waals surface area (Å²) in [6.07, 6.45) is -0.146. The van der Waals surface area contributed by atoms with Crippen LogP contribution in [0.25, 0.3) is 0 Å². The lowest BCUT2D eigenvalue weighted by Gasteiger charge is -2.16. The molecule has 0 radical (unpaired) electrons. The van der Waals surface area contributed by atoms with Crippen molar-refractivity contribution < 1.29 is 19.4 Å². The molecule has 0 spiro atoms. The zero-order chi connectivity index (χ0) is 13.7. The summed E-state index contributed by atoms with van der Waals surface area (Å²) in [5.41, 5.74) is 0.665. The number of carboxylic acids is 1. The third-order valence-corrected chi connectivity index (χ3v) is 2.62. The number of aromatic nitrogens is 2. The molecule has 1 aromatic heterocycles. The van der Waals surface area contributed by atoms with Crippen molar-refractivity contribution in [2.24, 2.45) is 7.05 Å². The number of ether oxygens (including phenoxy) is 2. The van der Waals surface area contributed by atoms with E-state index in [1.165, 1.54) is 4.68 Å². The molecule has 18 heavy (non-hydrogen) atoms. The predicted octanol–water partition coefficient (Wildman–Crippen LogP) is 0.500. The van der Waals surface area contributed by atoms with Gasteiger partial charge in [0.05, 0.1) is 18.4 Å². The topological polar surface area (TPSA) is 85.6 Å². The lowest BCUT2D eigenvalue weighted by molar-refractivity contribution is 0.0364. The minimum absolute atomic E-state index is 0.146. The Kier molecular flexibility index (Phi) is 5.11. The van der Waals surface area contributed by atoms with Gasteiger partial charge in [0, 0.05) is 27.8 Å². The highest BCUT2D eigenvalue weighted by molar-refractivity contribution is 5.94. The highest BCUT2D eigenvalue weighted by atomic mass is 16.5. The van der Waals surface area contributed by atoms with Crippen LogP contribution in [0.5, 0.6) is 0 Å². The van der Waals surface area contributed by atoms with Gasteiger partial charge in [0.1, 0.15) is 11.4 Å². The Hall–Kier alpha value is -1.60. The average Bonchev–Trinajstić information content (AvgIpc) is 2.59. The molecule has 0 aliphatic heterocycles. The minimum Gasteiger partial charge on any atom is -0.477 e. The third kappa shape index (κ3) is 3.21. The largest absolute Gasteiger partial charge is 0.477 e. The van der Waals surface area contributed by atoms with E-state index in [-0.39, 0.29) is 11.7 Å². The van der Waals surface area contributed by atoms with Crippen LogP contribution < -0.4 is 5.32 Å². The Morgan fingerprint density at radius 1 is 1.56 bits per heavy atom. The van der Waals surface area contributed by atoms with Gasteiger partial charge in [-0.3, -0.25) is 4.68 Å². The fraction of sp³-hybridized carbons (Fsp3) is 0.636. The van der Waals surface area contributed by atoms with Gasteiger partial charge in [-0.25, -0.2) is 4.79 Å². The first kappa shape index (κ1) is 14.5. The number of anilines is 1. The number of rotatable bonds is 7. The van der Waals surface area contributed by atoms with Crippen LogP contribution in [-0.2, 0) is 16.5 Å². The number of nitrogens with zero attached hydrogens (tertiary/aromatic N) is 2. The molecule has 0 saturated heterocycles. The van der Waals surface area contributed by atoms with E-state index in [0.29, 0.717) is 24.7 Å². The minimum atomic E-state index is -0.996. The van der Waals surface area contributed by atoms with Crippen LogP contribution in [0.2, 0.25) is 0 Å². The smallest absolute Gasteiger partial charge is 0.341 e. The Balaban J connectivity index is 2.81. The van der Waals surface area contributed by atoms with Crippen molar-refractivity contribution in [1.29, 1.82) is 0 Å². The van der Waals surface area contributed by atoms with E-state index < -0.39 is 5.97 Å². The summed E-state index contributed by atoms with van der Waals surface area (Å²) < 4.78 is 11.7.